The molecule has 0 aliphatic carbocycles. The molecule has 3 heterocycles. The van der Waals surface area contributed by atoms with E-state index in [2.05, 4.69) is 23.0 Å². The largest absolute Gasteiger partial charge is 0.494 e. The van der Waals surface area contributed by atoms with E-state index < -0.39 is 6.10 Å². The predicted molar refractivity (Wildman–Crippen MR) is 139 cm³/mol. The Morgan fingerprint density at radius 1 is 1.00 bits per heavy atom. The zero-order valence-electron chi connectivity index (χ0n) is 20.6. The highest BCUT2D eigenvalue weighted by Gasteiger charge is 2.17. The van der Waals surface area contributed by atoms with E-state index in [0.717, 1.165) is 39.2 Å². The highest BCUT2D eigenvalue weighted by molar-refractivity contribution is 5.86. The summed E-state index contributed by atoms with van der Waals surface area (Å²) in [6.07, 6.45) is 7.30. The van der Waals surface area contributed by atoms with Crippen molar-refractivity contribution in [3.8, 4) is 34.2 Å². The number of rotatable bonds is 4. The van der Waals surface area contributed by atoms with Crippen LogP contribution in [-0.4, -0.2) is 46.6 Å². The Labute approximate surface area is 207 Å². The van der Waals surface area contributed by atoms with Crippen molar-refractivity contribution < 1.29 is 9.84 Å². The summed E-state index contributed by atoms with van der Waals surface area (Å²) in [5, 5.41) is 18.9. The number of aromatic nitrogens is 2. The molecule has 0 bridgehead atoms. The zero-order valence-corrected chi connectivity index (χ0v) is 20.6. The summed E-state index contributed by atoms with van der Waals surface area (Å²) in [6, 6.07) is 19.5. The first-order valence-corrected chi connectivity index (χ1v) is 12.0. The number of ether oxygens (including phenoxy) is 1. The van der Waals surface area contributed by atoms with Crippen molar-refractivity contribution in [1.29, 1.82) is 5.26 Å². The van der Waals surface area contributed by atoms with E-state index in [0.29, 0.717) is 5.56 Å². The van der Waals surface area contributed by atoms with E-state index in [4.69, 9.17) is 10.00 Å². The quantitative estimate of drug-likeness (QED) is 0.416. The molecule has 0 radical (unpaired) electrons. The van der Waals surface area contributed by atoms with Gasteiger partial charge in [-0.15, -0.1) is 0 Å². The Kier molecular flexibility index (Phi) is 7.81. The standard InChI is InChI=1S/C23H19N3O2.C6H13N/c1-15(27)17-7-9-19(10-8-17)23-20(18-5-3-16(12-24)4-6-18)11-22(28-2)21-13-25-14-26(21)23;1-7-5-3-2-4-6-7/h3-11,13-15,27H,1-2H3;2-6H2,1H3. The number of benzene rings is 2. The second-order valence-electron chi connectivity index (χ2n) is 8.97. The molecule has 1 unspecified atom stereocenters. The van der Waals surface area contributed by atoms with Crippen molar-refractivity contribution in [2.24, 2.45) is 0 Å². The van der Waals surface area contributed by atoms with E-state index in [-0.39, 0.29) is 0 Å². The van der Waals surface area contributed by atoms with Crippen LogP contribution in [0.15, 0.2) is 67.1 Å². The summed E-state index contributed by atoms with van der Waals surface area (Å²) in [6.45, 7) is 4.39. The first-order chi connectivity index (χ1) is 17.0. The topological polar surface area (TPSA) is 73.8 Å². The molecule has 1 atom stereocenters. The van der Waals surface area contributed by atoms with Crippen LogP contribution in [0.3, 0.4) is 0 Å². The second kappa shape index (κ2) is 11.2. The Morgan fingerprint density at radius 3 is 2.20 bits per heavy atom. The molecule has 180 valence electrons. The SMILES string of the molecule is CN1CCCCC1.COc1cc(-c2ccc(C#N)cc2)c(-c2ccc(C(C)O)cc2)n2cncc12. The van der Waals surface area contributed by atoms with Crippen LogP contribution in [-0.2, 0) is 0 Å². The van der Waals surface area contributed by atoms with Gasteiger partial charge < -0.3 is 14.7 Å². The van der Waals surface area contributed by atoms with E-state index in [1.807, 2.05) is 46.9 Å². The zero-order chi connectivity index (χ0) is 24.8. The Bertz CT molecular complexity index is 1300. The van der Waals surface area contributed by atoms with Gasteiger partial charge in [-0.05, 0) is 74.8 Å². The van der Waals surface area contributed by atoms with Crippen LogP contribution >= 0.6 is 0 Å². The molecule has 0 saturated carbocycles. The third kappa shape index (κ3) is 5.54. The lowest BCUT2D eigenvalue weighted by Gasteiger charge is -2.20. The number of aliphatic hydroxyl groups excluding tert-OH is 1. The molecule has 1 aliphatic heterocycles. The van der Waals surface area contributed by atoms with Gasteiger partial charge in [0.25, 0.3) is 0 Å². The lowest BCUT2D eigenvalue weighted by Crippen LogP contribution is -2.24. The molecule has 6 nitrogen and oxygen atoms in total. The molecule has 1 saturated heterocycles. The minimum Gasteiger partial charge on any atom is -0.494 e. The van der Waals surface area contributed by atoms with E-state index >= 15 is 0 Å². The van der Waals surface area contributed by atoms with Crippen LogP contribution in [0.1, 0.15) is 43.4 Å². The van der Waals surface area contributed by atoms with Gasteiger partial charge in [-0.25, -0.2) is 4.98 Å². The van der Waals surface area contributed by atoms with E-state index in [1.165, 1.54) is 32.4 Å². The van der Waals surface area contributed by atoms with Crippen molar-refractivity contribution in [3.05, 3.63) is 78.2 Å². The summed E-state index contributed by atoms with van der Waals surface area (Å²) >= 11 is 0. The summed E-state index contributed by atoms with van der Waals surface area (Å²) in [5.41, 5.74) is 6.25. The lowest BCUT2D eigenvalue weighted by molar-refractivity contribution is 0.199. The summed E-state index contributed by atoms with van der Waals surface area (Å²) in [5.74, 6) is 0.723. The fourth-order valence-electron chi connectivity index (χ4n) is 4.43. The number of nitriles is 1. The predicted octanol–water partition coefficient (Wildman–Crippen LogP) is 5.70. The Balaban J connectivity index is 0.000000356. The minimum atomic E-state index is -0.517. The molecule has 2 aromatic heterocycles. The van der Waals surface area contributed by atoms with E-state index in [1.54, 1.807) is 38.7 Å². The van der Waals surface area contributed by atoms with Crippen molar-refractivity contribution >= 4 is 5.52 Å². The number of imidazole rings is 1. The maximum absolute atomic E-state index is 9.82. The van der Waals surface area contributed by atoms with Gasteiger partial charge in [-0.1, -0.05) is 42.8 Å². The molecule has 1 aliphatic rings. The highest BCUT2D eigenvalue weighted by Crippen LogP contribution is 2.38. The third-order valence-electron chi connectivity index (χ3n) is 6.45. The van der Waals surface area contributed by atoms with Gasteiger partial charge in [0.15, 0.2) is 0 Å². The van der Waals surface area contributed by atoms with Gasteiger partial charge in [0, 0.05) is 5.56 Å². The molecule has 4 aromatic rings. The summed E-state index contributed by atoms with van der Waals surface area (Å²) < 4.78 is 7.59. The number of piperidine rings is 1. The molecule has 2 aromatic carbocycles. The van der Waals surface area contributed by atoms with Crippen LogP contribution in [0, 0.1) is 11.3 Å². The number of hydrogen-bond acceptors (Lipinski definition) is 5. The van der Waals surface area contributed by atoms with Crippen LogP contribution in [0.25, 0.3) is 27.9 Å². The van der Waals surface area contributed by atoms with Crippen LogP contribution in [0.5, 0.6) is 5.75 Å². The number of likely N-dealkylation sites (tertiary alicyclic amines) is 1. The number of pyridine rings is 1. The van der Waals surface area contributed by atoms with Gasteiger partial charge in [0.2, 0.25) is 0 Å². The molecule has 5 rings (SSSR count). The third-order valence-corrected chi connectivity index (χ3v) is 6.45. The summed E-state index contributed by atoms with van der Waals surface area (Å²) in [7, 11) is 3.83. The van der Waals surface area contributed by atoms with Gasteiger partial charge in [-0.2, -0.15) is 5.26 Å². The maximum Gasteiger partial charge on any atom is 0.145 e. The maximum atomic E-state index is 9.82. The number of hydrogen-bond donors (Lipinski definition) is 1. The van der Waals surface area contributed by atoms with Crippen molar-refractivity contribution in [2.75, 3.05) is 27.2 Å². The second-order valence-corrected chi connectivity index (χ2v) is 8.97. The van der Waals surface area contributed by atoms with E-state index in [9.17, 15) is 5.11 Å². The van der Waals surface area contributed by atoms with Gasteiger partial charge in [0.05, 0.1) is 43.1 Å². The first-order valence-electron chi connectivity index (χ1n) is 12.0. The van der Waals surface area contributed by atoms with Gasteiger partial charge in [-0.3, -0.25) is 4.40 Å². The van der Waals surface area contributed by atoms with Gasteiger partial charge >= 0.3 is 0 Å². The average Bonchev–Trinajstić information content (AvgIpc) is 3.39. The number of aliphatic hydroxyl groups is 1. The van der Waals surface area contributed by atoms with Gasteiger partial charge in [0.1, 0.15) is 11.3 Å². The molecule has 0 amide bonds. The highest BCUT2D eigenvalue weighted by atomic mass is 16.5. The summed E-state index contributed by atoms with van der Waals surface area (Å²) in [4.78, 5) is 6.70. The van der Waals surface area contributed by atoms with Crippen LogP contribution < -0.4 is 4.74 Å². The van der Waals surface area contributed by atoms with Crippen molar-refractivity contribution in [2.45, 2.75) is 32.3 Å². The fraction of sp³-hybridized carbons (Fsp3) is 0.310. The fourth-order valence-corrected chi connectivity index (χ4v) is 4.43. The molecular weight excluding hydrogens is 436 g/mol. The molecule has 1 fully saturated rings. The van der Waals surface area contributed by atoms with Crippen molar-refractivity contribution in [1.82, 2.24) is 14.3 Å². The molecular formula is C29H32N4O2. The van der Waals surface area contributed by atoms with Crippen LogP contribution in [0.2, 0.25) is 0 Å². The molecule has 6 heteroatoms. The monoisotopic (exact) mass is 468 g/mol. The number of methoxy groups -OCH3 is 1. The number of fused-ring (bicyclic) bond motifs is 1. The Hall–Kier alpha value is -3.66. The number of nitrogens with zero attached hydrogens (tertiary/aromatic N) is 4. The normalized spacial score (nSPS) is 14.6. The lowest BCUT2D eigenvalue weighted by atomic mass is 9.96. The smallest absolute Gasteiger partial charge is 0.145 e. The molecule has 0 spiro atoms. The first kappa shape index (κ1) is 24.5. The molecule has 1 N–H and O–H groups in total. The minimum absolute atomic E-state index is 0.517. The van der Waals surface area contributed by atoms with Crippen molar-refractivity contribution in [3.63, 3.8) is 0 Å². The Morgan fingerprint density at radius 2 is 1.66 bits per heavy atom. The average molecular weight is 469 g/mol. The van der Waals surface area contributed by atoms with Crippen LogP contribution in [0.4, 0.5) is 0 Å². The molecule has 35 heavy (non-hydrogen) atoms.